The van der Waals surface area contributed by atoms with E-state index in [1.807, 2.05) is 72.9 Å². The van der Waals surface area contributed by atoms with E-state index in [2.05, 4.69) is 52.5 Å². The maximum absolute atomic E-state index is 3.96. The van der Waals surface area contributed by atoms with Gasteiger partial charge in [0.25, 0.3) is 0 Å². The van der Waals surface area contributed by atoms with Crippen molar-refractivity contribution in [2.24, 2.45) is 0 Å². The topological polar surface area (TPSA) is 35.2 Å². The van der Waals surface area contributed by atoms with Crippen LogP contribution in [0.15, 0.2) is 54.8 Å². The van der Waals surface area contributed by atoms with Crippen LogP contribution >= 0.6 is 0 Å². The quantitative estimate of drug-likeness (QED) is 0.529. The van der Waals surface area contributed by atoms with E-state index in [0.717, 1.165) is 17.6 Å². The molecule has 1 unspecified atom stereocenters. The summed E-state index contributed by atoms with van der Waals surface area (Å²) in [5.41, 5.74) is 2.44. The molecule has 3 heterocycles. The number of H-pyrrole nitrogens is 1. The van der Waals surface area contributed by atoms with Gasteiger partial charge in [-0.05, 0) is 68.0 Å². The third-order valence-electron chi connectivity index (χ3n) is 4.83. The van der Waals surface area contributed by atoms with E-state index in [1.54, 1.807) is 6.08 Å². The van der Waals surface area contributed by atoms with Gasteiger partial charge < -0.3 is 9.88 Å². The monoisotopic (exact) mass is 430 g/mol. The van der Waals surface area contributed by atoms with E-state index >= 15 is 0 Å². The molecule has 1 atom stereocenters. The van der Waals surface area contributed by atoms with Crippen molar-refractivity contribution in [3.8, 4) is 0 Å². The lowest BCUT2D eigenvalue weighted by atomic mass is 10.2. The zero-order chi connectivity index (χ0) is 24.1. The van der Waals surface area contributed by atoms with Crippen molar-refractivity contribution in [2.75, 3.05) is 33.2 Å². The largest absolute Gasteiger partial charge is 0.346 e. The molecular formula is C27H50N4. The maximum atomic E-state index is 3.96. The van der Waals surface area contributed by atoms with Gasteiger partial charge in [0.2, 0.25) is 0 Å². The molecule has 4 heteroatoms. The Morgan fingerprint density at radius 3 is 2.16 bits per heavy atom. The summed E-state index contributed by atoms with van der Waals surface area (Å²) in [6.45, 7) is 24.7. The van der Waals surface area contributed by atoms with Gasteiger partial charge in [0.1, 0.15) is 5.82 Å². The minimum Gasteiger partial charge on any atom is -0.346 e. The number of imidazole rings is 1. The summed E-state index contributed by atoms with van der Waals surface area (Å²) in [4.78, 5) is 12.1. The highest BCUT2D eigenvalue weighted by Gasteiger charge is 2.28. The Morgan fingerprint density at radius 1 is 1.13 bits per heavy atom. The van der Waals surface area contributed by atoms with E-state index < -0.39 is 0 Å². The van der Waals surface area contributed by atoms with Crippen molar-refractivity contribution >= 4 is 0 Å². The molecule has 0 amide bonds. The van der Waals surface area contributed by atoms with Crippen molar-refractivity contribution in [1.29, 1.82) is 0 Å². The molecule has 31 heavy (non-hydrogen) atoms. The van der Waals surface area contributed by atoms with E-state index in [0.29, 0.717) is 0 Å². The lowest BCUT2D eigenvalue weighted by Crippen LogP contribution is -2.48. The van der Waals surface area contributed by atoms with E-state index in [-0.39, 0.29) is 0 Å². The van der Waals surface area contributed by atoms with Gasteiger partial charge >= 0.3 is 0 Å². The van der Waals surface area contributed by atoms with Gasteiger partial charge in [0.15, 0.2) is 0 Å². The first-order chi connectivity index (χ1) is 14.9. The summed E-state index contributed by atoms with van der Waals surface area (Å²) in [6, 6.07) is 0.902. The second-order valence-electron chi connectivity index (χ2n) is 7.54. The first-order valence-electron chi connectivity index (χ1n) is 11.8. The molecule has 0 bridgehead atoms. The zero-order valence-corrected chi connectivity index (χ0v) is 21.9. The Kier molecular flexibility index (Phi) is 21.5. The molecule has 2 fully saturated rings. The van der Waals surface area contributed by atoms with E-state index in [4.69, 9.17) is 0 Å². The Labute approximate surface area is 193 Å². The van der Waals surface area contributed by atoms with Crippen LogP contribution in [0.4, 0.5) is 0 Å². The lowest BCUT2D eigenvalue weighted by Gasteiger charge is -2.35. The minimum absolute atomic E-state index is 0.902. The summed E-state index contributed by atoms with van der Waals surface area (Å²) >= 11 is 0. The van der Waals surface area contributed by atoms with E-state index in [1.165, 1.54) is 44.6 Å². The minimum atomic E-state index is 0.902. The number of hydrogen-bond donors (Lipinski definition) is 1. The normalized spacial score (nSPS) is 18.5. The molecule has 1 aromatic rings. The predicted molar refractivity (Wildman–Crippen MR) is 141 cm³/mol. The molecule has 0 saturated carbocycles. The number of rotatable bonds is 2. The predicted octanol–water partition coefficient (Wildman–Crippen LogP) is 6.73. The van der Waals surface area contributed by atoms with Crippen LogP contribution in [0.1, 0.15) is 65.9 Å². The number of fused-ring (bicyclic) bond motifs is 1. The fourth-order valence-corrected chi connectivity index (χ4v) is 3.19. The van der Waals surface area contributed by atoms with Crippen molar-refractivity contribution < 1.29 is 0 Å². The number of aromatic amines is 1. The van der Waals surface area contributed by atoms with Gasteiger partial charge in [0, 0.05) is 37.6 Å². The SMILES string of the molecule is C/C=C\C(C)=C\C.C=C/C=C/C.CC.CN1CCN2CCCC2C1.Cc1cnc(C)[nH]1. The smallest absolute Gasteiger partial charge is 0.103 e. The van der Waals surface area contributed by atoms with Crippen molar-refractivity contribution in [3.63, 3.8) is 0 Å². The molecular weight excluding hydrogens is 380 g/mol. The van der Waals surface area contributed by atoms with Gasteiger partial charge in [-0.2, -0.15) is 0 Å². The molecule has 1 aromatic heterocycles. The summed E-state index contributed by atoms with van der Waals surface area (Å²) in [5, 5.41) is 0. The average Bonchev–Trinajstić information content (AvgIpc) is 3.39. The van der Waals surface area contributed by atoms with Crippen molar-refractivity contribution in [2.45, 2.75) is 74.3 Å². The van der Waals surface area contributed by atoms with Crippen molar-refractivity contribution in [1.82, 2.24) is 19.8 Å². The second-order valence-corrected chi connectivity index (χ2v) is 7.54. The standard InChI is InChI=1S/C8H16N2.C7H12.C5H8N2.C5H8.C2H6/c1-9-5-6-10-4-2-3-8(10)7-9;1-4-6-7(3)5-2;1-4-3-6-5(2)7-4;1-3-5-4-2;1-2/h8H,2-7H2,1H3;4-6H,1-3H3;3H,1-2H3,(H,6,7);3-5H,1H2,2H3;1-2H3/b;6-4-,7-5+;;5-4+;. The van der Waals surface area contributed by atoms with Gasteiger partial charge in [-0.1, -0.05) is 62.5 Å². The van der Waals surface area contributed by atoms with Gasteiger partial charge in [-0.15, -0.1) is 0 Å². The number of allylic oxidation sites excluding steroid dienone is 7. The number of nitrogens with zero attached hydrogens (tertiary/aromatic N) is 3. The third-order valence-corrected chi connectivity index (χ3v) is 4.83. The summed E-state index contributed by atoms with van der Waals surface area (Å²) in [7, 11) is 2.23. The number of piperazine rings is 1. The molecule has 0 aromatic carbocycles. The van der Waals surface area contributed by atoms with E-state index in [9.17, 15) is 0 Å². The molecule has 0 radical (unpaired) electrons. The van der Waals surface area contributed by atoms with Crippen LogP contribution in [0.3, 0.4) is 0 Å². The van der Waals surface area contributed by atoms with Crippen LogP contribution < -0.4 is 0 Å². The zero-order valence-electron chi connectivity index (χ0n) is 21.9. The molecule has 2 aliphatic rings. The fourth-order valence-electron chi connectivity index (χ4n) is 3.19. The number of nitrogens with one attached hydrogen (secondary N) is 1. The third kappa shape index (κ3) is 17.5. The lowest BCUT2D eigenvalue weighted by molar-refractivity contribution is 0.124. The van der Waals surface area contributed by atoms with Gasteiger partial charge in [0.05, 0.1) is 0 Å². The van der Waals surface area contributed by atoms with Crippen molar-refractivity contribution in [3.05, 3.63) is 66.3 Å². The first-order valence-corrected chi connectivity index (χ1v) is 11.8. The molecule has 178 valence electrons. The number of likely N-dealkylation sites (N-methyl/N-ethyl adjacent to an activating group) is 1. The highest BCUT2D eigenvalue weighted by molar-refractivity contribution is 5.13. The summed E-state index contributed by atoms with van der Waals surface area (Å²) in [6.07, 6.45) is 16.5. The van der Waals surface area contributed by atoms with Crippen LogP contribution in [0.5, 0.6) is 0 Å². The maximum Gasteiger partial charge on any atom is 0.103 e. The van der Waals surface area contributed by atoms with Crippen LogP contribution in [0.2, 0.25) is 0 Å². The molecule has 0 aliphatic carbocycles. The highest BCUT2D eigenvalue weighted by Crippen LogP contribution is 2.20. The Bertz CT molecular complexity index is 608. The Morgan fingerprint density at radius 2 is 1.81 bits per heavy atom. The molecule has 2 saturated heterocycles. The summed E-state index contributed by atoms with van der Waals surface area (Å²) in [5.74, 6) is 0.984. The molecule has 4 nitrogen and oxygen atoms in total. The Hall–Kier alpha value is -1.91. The Balaban J connectivity index is 0. The van der Waals surface area contributed by atoms with Crippen LogP contribution in [0.25, 0.3) is 0 Å². The molecule has 3 rings (SSSR count). The van der Waals surface area contributed by atoms with Crippen LogP contribution in [-0.4, -0.2) is 59.0 Å². The average molecular weight is 431 g/mol. The number of aryl methyl sites for hydroxylation is 2. The molecule has 2 aliphatic heterocycles. The molecule has 0 spiro atoms. The number of aromatic nitrogens is 2. The highest BCUT2D eigenvalue weighted by atomic mass is 15.3. The number of hydrogen-bond acceptors (Lipinski definition) is 3. The first kappa shape index (κ1) is 31.3. The summed E-state index contributed by atoms with van der Waals surface area (Å²) < 4.78 is 0. The van der Waals surface area contributed by atoms with Gasteiger partial charge in [-0.3, -0.25) is 4.90 Å². The van der Waals surface area contributed by atoms with Crippen LogP contribution in [0, 0.1) is 13.8 Å². The molecule has 1 N–H and O–H groups in total. The van der Waals surface area contributed by atoms with Gasteiger partial charge in [-0.25, -0.2) is 4.98 Å². The van der Waals surface area contributed by atoms with Crippen LogP contribution in [-0.2, 0) is 0 Å². The fraction of sp³-hybridized carbons (Fsp3) is 0.593. The second kappa shape index (κ2) is 21.3.